The molecule has 11 heteroatoms. The highest BCUT2D eigenvalue weighted by Crippen LogP contribution is 2.40. The Morgan fingerprint density at radius 1 is 1.34 bits per heavy atom. The molecule has 2 aliphatic rings. The van der Waals surface area contributed by atoms with E-state index in [9.17, 15) is 27.2 Å². The molecule has 3 rings (SSSR count). The van der Waals surface area contributed by atoms with Crippen molar-refractivity contribution in [3.8, 4) is 6.07 Å². The molecule has 1 aromatic carbocycles. The van der Waals surface area contributed by atoms with Gasteiger partial charge in [0.15, 0.2) is 5.11 Å². The number of nitriles is 1. The van der Waals surface area contributed by atoms with Crippen molar-refractivity contribution in [2.24, 2.45) is 5.92 Å². The second-order valence-corrected chi connectivity index (χ2v) is 8.08. The maximum absolute atomic E-state index is 14.6. The van der Waals surface area contributed by atoms with E-state index in [0.717, 1.165) is 17.0 Å². The number of hydrogen-bond donors (Lipinski definition) is 1. The summed E-state index contributed by atoms with van der Waals surface area (Å²) in [4.78, 5) is 27.2. The molecule has 1 heterocycles. The van der Waals surface area contributed by atoms with Crippen LogP contribution >= 0.6 is 12.2 Å². The van der Waals surface area contributed by atoms with E-state index in [1.165, 1.54) is 37.9 Å². The summed E-state index contributed by atoms with van der Waals surface area (Å²) in [7, 11) is 1.39. The number of carbonyl (C=O) groups excluding carboxylic acids is 2. The average molecular weight is 466 g/mol. The minimum atomic E-state index is -4.81. The van der Waals surface area contributed by atoms with Crippen molar-refractivity contribution in [1.82, 2.24) is 10.2 Å². The molecule has 0 bridgehead atoms. The molecule has 6 nitrogen and oxygen atoms in total. The van der Waals surface area contributed by atoms with Crippen LogP contribution in [0.1, 0.15) is 31.4 Å². The third-order valence-corrected chi connectivity index (χ3v) is 5.72. The highest BCUT2D eigenvalue weighted by Gasteiger charge is 2.51. The van der Waals surface area contributed by atoms with Gasteiger partial charge in [-0.2, -0.15) is 18.4 Å². The van der Waals surface area contributed by atoms with E-state index in [-0.39, 0.29) is 22.9 Å². The minimum Gasteiger partial charge on any atom is -0.359 e. The predicted octanol–water partition coefficient (Wildman–Crippen LogP) is 3.79. The fourth-order valence-corrected chi connectivity index (χ4v) is 4.20. The van der Waals surface area contributed by atoms with Crippen LogP contribution in [0, 0.1) is 17.2 Å². The Morgan fingerprint density at radius 3 is 2.53 bits per heavy atom. The predicted molar refractivity (Wildman–Crippen MR) is 112 cm³/mol. The van der Waals surface area contributed by atoms with Crippen molar-refractivity contribution in [3.05, 3.63) is 53.0 Å². The number of thiocarbonyl (C=S) groups is 1. The molecular formula is C21H18F4N4O2S. The maximum atomic E-state index is 14.6. The molecule has 1 aliphatic heterocycles. The van der Waals surface area contributed by atoms with Gasteiger partial charge in [-0.1, -0.05) is 6.08 Å². The summed E-state index contributed by atoms with van der Waals surface area (Å²) < 4.78 is 54.8. The molecule has 1 fully saturated rings. The topological polar surface area (TPSA) is 76.4 Å². The van der Waals surface area contributed by atoms with E-state index in [4.69, 9.17) is 17.5 Å². The summed E-state index contributed by atoms with van der Waals surface area (Å²) in [6.45, 7) is 3.01. The smallest absolute Gasteiger partial charge is 0.359 e. The zero-order valence-corrected chi connectivity index (χ0v) is 18.1. The fraction of sp³-hybridized carbons (Fsp3) is 0.333. The number of allylic oxidation sites excluding steroid dienone is 2. The quantitative estimate of drug-likeness (QED) is 0.542. The zero-order chi connectivity index (χ0) is 24.0. The van der Waals surface area contributed by atoms with Crippen LogP contribution in [0.3, 0.4) is 0 Å². The normalized spacial score (nSPS) is 20.6. The standard InChI is InChI=1S/C21H18F4N4O2S/c1-20(2)18(31)28(12-5-4-11(10-26)15(8-12)21(23,24)25)19(32)29(20)13-6-7-14(16(22)9-13)17(30)27-3/h4-6,8-9,14H,7H2,1-3H3,(H,27,30). The van der Waals surface area contributed by atoms with Gasteiger partial charge >= 0.3 is 6.18 Å². The number of carbonyl (C=O) groups is 2. The SMILES string of the molecule is CNC(=O)C1CC=C(N2C(=S)N(c3ccc(C#N)c(C(F)(F)F)c3)C(=O)C2(C)C)C=C1F. The molecule has 2 amide bonds. The van der Waals surface area contributed by atoms with Gasteiger partial charge in [0.1, 0.15) is 11.4 Å². The molecule has 1 atom stereocenters. The van der Waals surface area contributed by atoms with E-state index in [1.54, 1.807) is 6.08 Å². The highest BCUT2D eigenvalue weighted by atomic mass is 32.1. The lowest BCUT2D eigenvalue weighted by Gasteiger charge is -2.32. The van der Waals surface area contributed by atoms with Gasteiger partial charge in [-0.05, 0) is 56.8 Å². The summed E-state index contributed by atoms with van der Waals surface area (Å²) in [5.41, 5.74) is -3.06. The summed E-state index contributed by atoms with van der Waals surface area (Å²) in [5.74, 6) is -2.86. The molecule has 0 aromatic heterocycles. The van der Waals surface area contributed by atoms with Crippen LogP contribution in [-0.2, 0) is 15.8 Å². The number of rotatable bonds is 3. The molecule has 0 radical (unpaired) electrons. The van der Waals surface area contributed by atoms with E-state index >= 15 is 0 Å². The Labute approximate surface area is 186 Å². The summed E-state index contributed by atoms with van der Waals surface area (Å²) in [6, 6.07) is 4.34. The fourth-order valence-electron chi connectivity index (χ4n) is 3.67. The van der Waals surface area contributed by atoms with Crippen molar-refractivity contribution >= 4 is 34.8 Å². The van der Waals surface area contributed by atoms with Crippen molar-refractivity contribution in [3.63, 3.8) is 0 Å². The number of amides is 2. The zero-order valence-electron chi connectivity index (χ0n) is 17.2. The first-order valence-corrected chi connectivity index (χ1v) is 9.84. The number of nitrogens with zero attached hydrogens (tertiary/aromatic N) is 3. The Morgan fingerprint density at radius 2 is 2.00 bits per heavy atom. The molecule has 1 N–H and O–H groups in total. The van der Waals surface area contributed by atoms with Crippen LogP contribution in [0.15, 0.2) is 41.9 Å². The Balaban J connectivity index is 2.03. The number of alkyl halides is 3. The lowest BCUT2D eigenvalue weighted by molar-refractivity contribution is -0.137. The molecule has 1 aromatic rings. The molecule has 0 spiro atoms. The third-order valence-electron chi connectivity index (χ3n) is 5.36. The maximum Gasteiger partial charge on any atom is 0.417 e. The van der Waals surface area contributed by atoms with Crippen LogP contribution in [-0.4, -0.2) is 34.4 Å². The molecule has 168 valence electrons. The third kappa shape index (κ3) is 3.75. The summed E-state index contributed by atoms with van der Waals surface area (Å²) in [6.07, 6.45) is -2.15. The second-order valence-electron chi connectivity index (χ2n) is 7.72. The van der Waals surface area contributed by atoms with Gasteiger partial charge in [0, 0.05) is 12.7 Å². The van der Waals surface area contributed by atoms with Crippen LogP contribution in [0.4, 0.5) is 23.2 Å². The first-order valence-electron chi connectivity index (χ1n) is 9.43. The van der Waals surface area contributed by atoms with Gasteiger partial charge < -0.3 is 10.2 Å². The van der Waals surface area contributed by atoms with Crippen LogP contribution < -0.4 is 10.2 Å². The van der Waals surface area contributed by atoms with Gasteiger partial charge in [-0.3, -0.25) is 14.5 Å². The Bertz CT molecular complexity index is 1120. The molecule has 1 unspecified atom stereocenters. The Hall–Kier alpha value is -3.26. The van der Waals surface area contributed by atoms with Gasteiger partial charge in [-0.25, -0.2) is 4.39 Å². The van der Waals surface area contributed by atoms with Crippen LogP contribution in [0.5, 0.6) is 0 Å². The molecule has 0 saturated carbocycles. The first-order chi connectivity index (χ1) is 14.8. The monoisotopic (exact) mass is 466 g/mol. The van der Waals surface area contributed by atoms with Crippen LogP contribution in [0.25, 0.3) is 0 Å². The molecule has 1 aliphatic carbocycles. The number of nitrogens with one attached hydrogen (secondary N) is 1. The van der Waals surface area contributed by atoms with Crippen LogP contribution in [0.2, 0.25) is 0 Å². The van der Waals surface area contributed by atoms with Crippen molar-refractivity contribution in [1.29, 1.82) is 5.26 Å². The second kappa shape index (κ2) is 8.02. The highest BCUT2D eigenvalue weighted by molar-refractivity contribution is 7.80. The average Bonchev–Trinajstić information content (AvgIpc) is 2.90. The van der Waals surface area contributed by atoms with Gasteiger partial charge in [-0.15, -0.1) is 0 Å². The Kier molecular flexibility index (Phi) is 5.86. The number of benzene rings is 1. The molecular weight excluding hydrogens is 448 g/mol. The number of halogens is 4. The van der Waals surface area contributed by atoms with E-state index in [1.807, 2.05) is 0 Å². The summed E-state index contributed by atoms with van der Waals surface area (Å²) >= 11 is 5.40. The van der Waals surface area contributed by atoms with Gasteiger partial charge in [0.05, 0.1) is 28.8 Å². The summed E-state index contributed by atoms with van der Waals surface area (Å²) in [5, 5.41) is 11.2. The van der Waals surface area contributed by atoms with E-state index < -0.39 is 46.4 Å². The van der Waals surface area contributed by atoms with Gasteiger partial charge in [0.25, 0.3) is 5.91 Å². The largest absolute Gasteiger partial charge is 0.417 e. The molecule has 1 saturated heterocycles. The van der Waals surface area contributed by atoms with Crippen molar-refractivity contribution < 1.29 is 27.2 Å². The number of anilines is 1. The first kappa shape index (κ1) is 23.4. The number of hydrogen-bond acceptors (Lipinski definition) is 4. The lowest BCUT2D eigenvalue weighted by Crippen LogP contribution is -2.43. The van der Waals surface area contributed by atoms with Crippen molar-refractivity contribution in [2.75, 3.05) is 11.9 Å². The minimum absolute atomic E-state index is 0.0236. The van der Waals surface area contributed by atoms with E-state index in [0.29, 0.717) is 6.07 Å². The van der Waals surface area contributed by atoms with Gasteiger partial charge in [0.2, 0.25) is 5.91 Å². The van der Waals surface area contributed by atoms with Crippen molar-refractivity contribution in [2.45, 2.75) is 32.0 Å². The van der Waals surface area contributed by atoms with E-state index in [2.05, 4.69) is 5.32 Å². The molecule has 32 heavy (non-hydrogen) atoms. The lowest BCUT2D eigenvalue weighted by atomic mass is 9.95.